The van der Waals surface area contributed by atoms with Crippen LogP contribution < -0.4 is 5.32 Å². The first-order valence-electron chi connectivity index (χ1n) is 12.7. The zero-order valence-electron chi connectivity index (χ0n) is 20.9. The number of aromatic hydroxyl groups is 1. The van der Waals surface area contributed by atoms with E-state index < -0.39 is 0 Å². The molecule has 5 rings (SSSR count). The van der Waals surface area contributed by atoms with Crippen LogP contribution in [-0.4, -0.2) is 40.2 Å². The van der Waals surface area contributed by atoms with Crippen molar-refractivity contribution in [2.45, 2.75) is 38.8 Å². The average Bonchev–Trinajstić information content (AvgIpc) is 3.22. The number of H-pyrrole nitrogens is 1. The van der Waals surface area contributed by atoms with Crippen molar-refractivity contribution in [1.82, 2.24) is 15.2 Å². The Kier molecular flexibility index (Phi) is 7.58. The fourth-order valence-corrected chi connectivity index (χ4v) is 5.01. The predicted octanol–water partition coefficient (Wildman–Crippen LogP) is 6.75. The number of nitrogens with one attached hydrogen (secondary N) is 2. The number of likely N-dealkylation sites (tertiary alicyclic amines) is 1. The Morgan fingerprint density at radius 2 is 1.89 bits per heavy atom. The normalized spacial score (nSPS) is 15.3. The molecule has 4 aromatic rings. The van der Waals surface area contributed by atoms with Crippen LogP contribution in [0.15, 0.2) is 71.7 Å². The molecule has 0 spiro atoms. The van der Waals surface area contributed by atoms with Crippen LogP contribution in [0.5, 0.6) is 5.88 Å². The number of halogens is 1. The topological polar surface area (TPSA) is 80.7 Å². The number of fused-ring (bicyclic) bond motifs is 1. The molecule has 0 radical (unpaired) electrons. The number of rotatable bonds is 7. The van der Waals surface area contributed by atoms with Gasteiger partial charge in [-0.25, -0.2) is 0 Å². The molecule has 1 aromatic heterocycles. The summed E-state index contributed by atoms with van der Waals surface area (Å²) in [6, 6.07) is 20.8. The van der Waals surface area contributed by atoms with Crippen LogP contribution in [0.4, 0.5) is 5.69 Å². The van der Waals surface area contributed by atoms with E-state index in [9.17, 15) is 9.90 Å². The maximum absolute atomic E-state index is 13.0. The summed E-state index contributed by atoms with van der Waals surface area (Å²) in [7, 11) is 0. The van der Waals surface area contributed by atoms with Crippen LogP contribution >= 0.6 is 11.6 Å². The van der Waals surface area contributed by atoms with Crippen molar-refractivity contribution < 1.29 is 9.90 Å². The lowest BCUT2D eigenvalue weighted by Crippen LogP contribution is -2.28. The van der Waals surface area contributed by atoms with Gasteiger partial charge in [0.1, 0.15) is 0 Å². The van der Waals surface area contributed by atoms with E-state index in [0.717, 1.165) is 28.7 Å². The lowest BCUT2D eigenvalue weighted by atomic mass is 10.1. The number of aromatic amines is 1. The molecule has 1 atom stereocenters. The zero-order valence-corrected chi connectivity index (χ0v) is 21.6. The van der Waals surface area contributed by atoms with Gasteiger partial charge in [0.2, 0.25) is 0 Å². The van der Waals surface area contributed by atoms with E-state index in [1.54, 1.807) is 30.5 Å². The van der Waals surface area contributed by atoms with E-state index in [1.807, 2.05) is 37.3 Å². The maximum Gasteiger partial charge on any atom is 0.251 e. The van der Waals surface area contributed by atoms with Gasteiger partial charge < -0.3 is 15.4 Å². The second-order valence-corrected chi connectivity index (χ2v) is 10.1. The third kappa shape index (κ3) is 6.04. The molecule has 3 aromatic carbocycles. The molecule has 0 saturated carbocycles. The summed E-state index contributed by atoms with van der Waals surface area (Å²) in [5.74, 6) is -0.187. The summed E-state index contributed by atoms with van der Waals surface area (Å²) in [6.45, 7) is 5.21. The lowest BCUT2D eigenvalue weighted by Gasteiger charge is -2.26. The molecule has 1 fully saturated rings. The average molecular weight is 515 g/mol. The minimum Gasteiger partial charge on any atom is -0.494 e. The minimum absolute atomic E-state index is 0.0188. The first-order valence-corrected chi connectivity index (χ1v) is 13.1. The Labute approximate surface area is 222 Å². The number of hydrogen-bond acceptors (Lipinski definition) is 4. The molecule has 1 aliphatic heterocycles. The molecule has 3 N–H and O–H groups in total. The van der Waals surface area contributed by atoms with Crippen molar-refractivity contribution in [3.05, 3.63) is 94.0 Å². The first kappa shape index (κ1) is 25.1. The highest BCUT2D eigenvalue weighted by Gasteiger charge is 2.16. The number of aliphatic imine (C=N–C) groups is 1. The fourth-order valence-electron chi connectivity index (χ4n) is 4.81. The van der Waals surface area contributed by atoms with Gasteiger partial charge in [-0.15, -0.1) is 0 Å². The van der Waals surface area contributed by atoms with Crippen molar-refractivity contribution >= 4 is 40.3 Å². The standard InChI is InChI=1S/C30H31ClN4O2/c1-20(22-6-5-7-24(31)16-22)33-29(36)23-10-13-28-26(17-23)27(30(37)34-28)18-32-25-11-8-21(9-12-25)19-35-14-3-2-4-15-35/h5-13,16-18,20,34,37H,2-4,14-15,19H2,1H3,(H,33,36)/t20-/m1/s1. The van der Waals surface area contributed by atoms with Gasteiger partial charge in [-0.1, -0.05) is 42.3 Å². The molecule has 1 aliphatic rings. The minimum atomic E-state index is -0.208. The Hall–Kier alpha value is -3.61. The molecule has 0 unspecified atom stereocenters. The van der Waals surface area contributed by atoms with Gasteiger partial charge in [0.25, 0.3) is 5.91 Å². The quantitative estimate of drug-likeness (QED) is 0.238. The highest BCUT2D eigenvalue weighted by molar-refractivity contribution is 6.30. The van der Waals surface area contributed by atoms with Crippen LogP contribution in [-0.2, 0) is 6.54 Å². The number of benzene rings is 3. The molecular weight excluding hydrogens is 484 g/mol. The summed E-state index contributed by atoms with van der Waals surface area (Å²) in [5, 5.41) is 14.9. The zero-order chi connectivity index (χ0) is 25.8. The number of aromatic nitrogens is 1. The van der Waals surface area contributed by atoms with Gasteiger partial charge in [-0.2, -0.15) is 0 Å². The van der Waals surface area contributed by atoms with Crippen LogP contribution in [0.1, 0.15) is 59.3 Å². The van der Waals surface area contributed by atoms with Gasteiger partial charge in [-0.3, -0.25) is 14.7 Å². The molecule has 190 valence electrons. The molecule has 1 amide bonds. The SMILES string of the molecule is C[C@@H](NC(=O)c1ccc2[nH]c(O)c(C=Nc3ccc(CN4CCCCC4)cc3)c2c1)c1cccc(Cl)c1. The highest BCUT2D eigenvalue weighted by atomic mass is 35.5. The molecule has 0 bridgehead atoms. The smallest absolute Gasteiger partial charge is 0.251 e. The number of carbonyl (C=O) groups is 1. The Balaban J connectivity index is 1.31. The van der Waals surface area contributed by atoms with Gasteiger partial charge in [0, 0.05) is 34.2 Å². The molecule has 0 aliphatic carbocycles. The first-order chi connectivity index (χ1) is 18.0. The van der Waals surface area contributed by atoms with E-state index in [2.05, 4.69) is 32.3 Å². The van der Waals surface area contributed by atoms with Gasteiger partial charge >= 0.3 is 0 Å². The van der Waals surface area contributed by atoms with Gasteiger partial charge in [0.15, 0.2) is 5.88 Å². The predicted molar refractivity (Wildman–Crippen MR) is 150 cm³/mol. The van der Waals surface area contributed by atoms with Crippen LogP contribution in [0.25, 0.3) is 10.9 Å². The Bertz CT molecular complexity index is 1420. The number of piperidine rings is 1. The van der Waals surface area contributed by atoms with Crippen molar-refractivity contribution in [1.29, 1.82) is 0 Å². The fraction of sp³-hybridized carbons (Fsp3) is 0.267. The Morgan fingerprint density at radius 1 is 1.11 bits per heavy atom. The summed E-state index contributed by atoms with van der Waals surface area (Å²) in [5.41, 5.74) is 4.78. The summed E-state index contributed by atoms with van der Waals surface area (Å²) >= 11 is 6.09. The number of nitrogens with zero attached hydrogens (tertiary/aromatic N) is 2. The lowest BCUT2D eigenvalue weighted by molar-refractivity contribution is 0.0940. The maximum atomic E-state index is 13.0. The van der Waals surface area contributed by atoms with E-state index in [-0.39, 0.29) is 17.8 Å². The highest BCUT2D eigenvalue weighted by Crippen LogP contribution is 2.28. The van der Waals surface area contributed by atoms with Crippen molar-refractivity contribution in [2.24, 2.45) is 4.99 Å². The van der Waals surface area contributed by atoms with Gasteiger partial charge in [-0.05, 0) is 86.4 Å². The van der Waals surface area contributed by atoms with E-state index in [1.165, 1.54) is 37.9 Å². The summed E-state index contributed by atoms with van der Waals surface area (Å²) < 4.78 is 0. The van der Waals surface area contributed by atoms with E-state index >= 15 is 0 Å². The second-order valence-electron chi connectivity index (χ2n) is 9.66. The molecule has 7 heteroatoms. The Morgan fingerprint density at radius 3 is 2.65 bits per heavy atom. The van der Waals surface area contributed by atoms with Gasteiger partial charge in [0.05, 0.1) is 17.3 Å². The summed E-state index contributed by atoms with van der Waals surface area (Å²) in [4.78, 5) is 23.0. The van der Waals surface area contributed by atoms with E-state index in [4.69, 9.17) is 11.6 Å². The third-order valence-corrected chi connectivity index (χ3v) is 7.15. The molecule has 1 saturated heterocycles. The number of carbonyl (C=O) groups excluding carboxylic acids is 1. The van der Waals surface area contributed by atoms with Crippen LogP contribution in [0.2, 0.25) is 5.02 Å². The second kappa shape index (κ2) is 11.2. The van der Waals surface area contributed by atoms with E-state index in [0.29, 0.717) is 16.1 Å². The van der Waals surface area contributed by atoms with Crippen molar-refractivity contribution in [3.8, 4) is 5.88 Å². The molecule has 37 heavy (non-hydrogen) atoms. The molecule has 6 nitrogen and oxygen atoms in total. The van der Waals surface area contributed by atoms with Crippen LogP contribution in [0.3, 0.4) is 0 Å². The number of hydrogen-bond donors (Lipinski definition) is 3. The molecular formula is C30H31ClN4O2. The number of amides is 1. The van der Waals surface area contributed by atoms with Crippen LogP contribution in [0, 0.1) is 0 Å². The molecule has 2 heterocycles. The monoisotopic (exact) mass is 514 g/mol. The van der Waals surface area contributed by atoms with Crippen molar-refractivity contribution in [3.63, 3.8) is 0 Å². The summed E-state index contributed by atoms with van der Waals surface area (Å²) in [6.07, 6.45) is 5.53. The largest absolute Gasteiger partial charge is 0.494 e. The third-order valence-electron chi connectivity index (χ3n) is 6.91. The van der Waals surface area contributed by atoms with Crippen molar-refractivity contribution in [2.75, 3.05) is 13.1 Å².